The summed E-state index contributed by atoms with van der Waals surface area (Å²) < 4.78 is 10.7. The van der Waals surface area contributed by atoms with Gasteiger partial charge in [-0.25, -0.2) is 0 Å². The first-order valence-electron chi connectivity index (χ1n) is 8.72. The zero-order valence-electron chi connectivity index (χ0n) is 15.1. The van der Waals surface area contributed by atoms with Gasteiger partial charge in [-0.3, -0.25) is 14.9 Å². The van der Waals surface area contributed by atoms with Crippen molar-refractivity contribution in [1.29, 1.82) is 0 Å². The second-order valence-corrected chi connectivity index (χ2v) is 7.39. The Bertz CT molecular complexity index is 968. The minimum Gasteiger partial charge on any atom is -0.497 e. The molecule has 1 aliphatic rings. The molecular formula is C19H18N4O4S. The third-order valence-electron chi connectivity index (χ3n) is 4.46. The second kappa shape index (κ2) is 7.81. The first-order valence-corrected chi connectivity index (χ1v) is 9.60. The van der Waals surface area contributed by atoms with E-state index < -0.39 is 0 Å². The highest BCUT2D eigenvalue weighted by atomic mass is 32.1. The summed E-state index contributed by atoms with van der Waals surface area (Å²) >= 11 is 1.51. The van der Waals surface area contributed by atoms with Gasteiger partial charge in [0.2, 0.25) is 17.7 Å². The zero-order valence-corrected chi connectivity index (χ0v) is 15.9. The van der Waals surface area contributed by atoms with Crippen LogP contribution in [0.2, 0.25) is 0 Å². The lowest BCUT2D eigenvalue weighted by atomic mass is 10.1. The average molecular weight is 398 g/mol. The molecule has 0 spiro atoms. The summed E-state index contributed by atoms with van der Waals surface area (Å²) in [5.74, 6) is 0.615. The van der Waals surface area contributed by atoms with Gasteiger partial charge in [0.25, 0.3) is 0 Å². The Morgan fingerprint density at radius 3 is 2.86 bits per heavy atom. The maximum Gasteiger partial charge on any atom is 0.322 e. The van der Waals surface area contributed by atoms with Crippen LogP contribution in [0.4, 0.5) is 11.7 Å². The third kappa shape index (κ3) is 3.89. The lowest BCUT2D eigenvalue weighted by molar-refractivity contribution is -0.117. The standard InChI is InChI=1S/C19H18N4O4S/c1-26-14-6-4-13(5-7-14)23-11-12(9-17(23)25)18-21-22-19(27-18)20-16(24)10-15-3-2-8-28-15/h2-8,12H,9-11H2,1H3,(H,20,22,24). The van der Waals surface area contributed by atoms with Gasteiger partial charge in [0.1, 0.15) is 5.75 Å². The molecule has 0 saturated carbocycles. The number of benzene rings is 1. The molecule has 0 bridgehead atoms. The molecule has 1 aromatic carbocycles. The monoisotopic (exact) mass is 398 g/mol. The number of nitrogens with zero attached hydrogens (tertiary/aromatic N) is 3. The van der Waals surface area contributed by atoms with E-state index in [0.717, 1.165) is 16.3 Å². The maximum atomic E-state index is 12.4. The first-order chi connectivity index (χ1) is 13.6. The minimum absolute atomic E-state index is 0.0170. The van der Waals surface area contributed by atoms with Crippen molar-refractivity contribution < 1.29 is 18.7 Å². The largest absolute Gasteiger partial charge is 0.497 e. The number of rotatable bonds is 6. The van der Waals surface area contributed by atoms with Gasteiger partial charge in [-0.15, -0.1) is 16.4 Å². The number of amides is 2. The number of hydrogen-bond donors (Lipinski definition) is 1. The smallest absolute Gasteiger partial charge is 0.322 e. The van der Waals surface area contributed by atoms with Gasteiger partial charge in [-0.2, -0.15) is 0 Å². The highest BCUT2D eigenvalue weighted by Crippen LogP contribution is 2.32. The van der Waals surface area contributed by atoms with Crippen molar-refractivity contribution in [3.8, 4) is 5.75 Å². The van der Waals surface area contributed by atoms with E-state index in [1.165, 1.54) is 11.3 Å². The quantitative estimate of drug-likeness (QED) is 0.686. The van der Waals surface area contributed by atoms with Gasteiger partial charge in [0.05, 0.1) is 19.4 Å². The Morgan fingerprint density at radius 2 is 2.14 bits per heavy atom. The van der Waals surface area contributed by atoms with Crippen molar-refractivity contribution in [3.05, 3.63) is 52.5 Å². The molecule has 2 aromatic heterocycles. The van der Waals surface area contributed by atoms with Crippen molar-refractivity contribution in [2.45, 2.75) is 18.8 Å². The van der Waals surface area contributed by atoms with Crippen molar-refractivity contribution in [3.63, 3.8) is 0 Å². The molecule has 1 fully saturated rings. The molecule has 1 unspecified atom stereocenters. The van der Waals surface area contributed by atoms with E-state index in [0.29, 0.717) is 12.4 Å². The number of anilines is 2. The molecule has 144 valence electrons. The number of methoxy groups -OCH3 is 1. The van der Waals surface area contributed by atoms with Crippen LogP contribution in [0.25, 0.3) is 0 Å². The Balaban J connectivity index is 1.39. The number of aromatic nitrogens is 2. The Labute approximate surface area is 165 Å². The molecule has 3 heterocycles. The Kier molecular flexibility index (Phi) is 5.07. The predicted octanol–water partition coefficient (Wildman–Crippen LogP) is 2.84. The lowest BCUT2D eigenvalue weighted by Crippen LogP contribution is -2.24. The topological polar surface area (TPSA) is 97.6 Å². The van der Waals surface area contributed by atoms with E-state index >= 15 is 0 Å². The molecule has 28 heavy (non-hydrogen) atoms. The molecule has 2 amide bonds. The van der Waals surface area contributed by atoms with E-state index in [1.54, 1.807) is 12.0 Å². The molecule has 8 nitrogen and oxygen atoms in total. The van der Waals surface area contributed by atoms with Crippen LogP contribution >= 0.6 is 11.3 Å². The van der Waals surface area contributed by atoms with E-state index in [1.807, 2.05) is 41.8 Å². The normalized spacial score (nSPS) is 16.4. The summed E-state index contributed by atoms with van der Waals surface area (Å²) in [4.78, 5) is 27.1. The van der Waals surface area contributed by atoms with Crippen molar-refractivity contribution >= 4 is 34.9 Å². The average Bonchev–Trinajstić information content (AvgIpc) is 3.43. The van der Waals surface area contributed by atoms with E-state index in [4.69, 9.17) is 9.15 Å². The maximum absolute atomic E-state index is 12.4. The van der Waals surface area contributed by atoms with Crippen LogP contribution in [-0.4, -0.2) is 35.7 Å². The van der Waals surface area contributed by atoms with Crippen LogP contribution in [0.15, 0.2) is 46.2 Å². The van der Waals surface area contributed by atoms with Gasteiger partial charge in [-0.1, -0.05) is 11.2 Å². The first kappa shape index (κ1) is 18.2. The van der Waals surface area contributed by atoms with Crippen molar-refractivity contribution in [2.75, 3.05) is 23.9 Å². The van der Waals surface area contributed by atoms with E-state index in [2.05, 4.69) is 15.5 Å². The van der Waals surface area contributed by atoms with Crippen LogP contribution in [-0.2, 0) is 16.0 Å². The molecule has 4 rings (SSSR count). The number of carbonyl (C=O) groups is 2. The predicted molar refractivity (Wildman–Crippen MR) is 104 cm³/mol. The summed E-state index contributed by atoms with van der Waals surface area (Å²) in [7, 11) is 1.60. The molecule has 1 saturated heterocycles. The summed E-state index contributed by atoms with van der Waals surface area (Å²) in [6.45, 7) is 0.440. The number of nitrogens with one attached hydrogen (secondary N) is 1. The molecule has 0 radical (unpaired) electrons. The van der Waals surface area contributed by atoms with Crippen LogP contribution in [0, 0.1) is 0 Å². The Morgan fingerprint density at radius 1 is 1.32 bits per heavy atom. The van der Waals surface area contributed by atoms with Gasteiger partial charge >= 0.3 is 6.01 Å². The Hall–Kier alpha value is -3.20. The van der Waals surface area contributed by atoms with Crippen LogP contribution in [0.3, 0.4) is 0 Å². The van der Waals surface area contributed by atoms with Gasteiger partial charge in [-0.05, 0) is 35.7 Å². The third-order valence-corrected chi connectivity index (χ3v) is 5.34. The van der Waals surface area contributed by atoms with Crippen LogP contribution in [0.1, 0.15) is 23.1 Å². The number of hydrogen-bond acceptors (Lipinski definition) is 7. The summed E-state index contributed by atoms with van der Waals surface area (Å²) in [5.41, 5.74) is 0.789. The molecular weight excluding hydrogens is 380 g/mol. The summed E-state index contributed by atoms with van der Waals surface area (Å²) in [5, 5.41) is 12.4. The minimum atomic E-state index is -0.222. The number of carbonyl (C=O) groups excluding carboxylic acids is 2. The number of thiophene rings is 1. The highest BCUT2D eigenvalue weighted by Gasteiger charge is 2.35. The van der Waals surface area contributed by atoms with Crippen LogP contribution < -0.4 is 15.0 Å². The van der Waals surface area contributed by atoms with Gasteiger partial charge in [0.15, 0.2) is 0 Å². The summed E-state index contributed by atoms with van der Waals surface area (Å²) in [6, 6.07) is 11.1. The van der Waals surface area contributed by atoms with Crippen molar-refractivity contribution in [1.82, 2.24) is 10.2 Å². The van der Waals surface area contributed by atoms with Gasteiger partial charge < -0.3 is 14.1 Å². The molecule has 9 heteroatoms. The molecule has 0 aliphatic carbocycles. The van der Waals surface area contributed by atoms with Crippen molar-refractivity contribution in [2.24, 2.45) is 0 Å². The molecule has 1 atom stereocenters. The molecule has 1 aliphatic heterocycles. The highest BCUT2D eigenvalue weighted by molar-refractivity contribution is 7.10. The lowest BCUT2D eigenvalue weighted by Gasteiger charge is -2.16. The fraction of sp³-hybridized carbons (Fsp3) is 0.263. The SMILES string of the molecule is COc1ccc(N2CC(c3nnc(NC(=O)Cc4cccs4)o3)CC2=O)cc1. The van der Waals surface area contributed by atoms with E-state index in [-0.39, 0.29) is 36.6 Å². The zero-order chi connectivity index (χ0) is 19.5. The number of ether oxygens (including phenoxy) is 1. The van der Waals surface area contributed by atoms with E-state index in [9.17, 15) is 9.59 Å². The fourth-order valence-corrected chi connectivity index (χ4v) is 3.77. The molecule has 3 aromatic rings. The van der Waals surface area contributed by atoms with Crippen LogP contribution in [0.5, 0.6) is 5.75 Å². The second-order valence-electron chi connectivity index (χ2n) is 6.35. The molecule has 1 N–H and O–H groups in total. The fourth-order valence-electron chi connectivity index (χ4n) is 3.07. The summed E-state index contributed by atoms with van der Waals surface area (Å²) in [6.07, 6.45) is 0.527. The van der Waals surface area contributed by atoms with Gasteiger partial charge in [0, 0.05) is 23.5 Å².